The molecule has 2 N–H and O–H groups in total. The molecule has 2 rings (SSSR count). The summed E-state index contributed by atoms with van der Waals surface area (Å²) in [6.45, 7) is 3.75. The Morgan fingerprint density at radius 2 is 1.95 bits per heavy atom. The predicted molar refractivity (Wildman–Crippen MR) is 74.2 cm³/mol. The minimum Gasteiger partial charge on any atom is -0.507 e. The van der Waals surface area contributed by atoms with Gasteiger partial charge in [-0.2, -0.15) is 0 Å². The second kappa shape index (κ2) is 5.65. The summed E-state index contributed by atoms with van der Waals surface area (Å²) in [5.41, 5.74) is 0.524. The fourth-order valence-electron chi connectivity index (χ4n) is 1.76. The van der Waals surface area contributed by atoms with Crippen LogP contribution in [0.2, 0.25) is 0 Å². The lowest BCUT2D eigenvalue weighted by Gasteiger charge is -2.11. The number of rotatable bonds is 4. The van der Waals surface area contributed by atoms with E-state index in [1.165, 1.54) is 30.3 Å². The molecule has 0 aliphatic carbocycles. The number of carbonyl (C=O) groups is 1. The van der Waals surface area contributed by atoms with E-state index in [2.05, 4.69) is 6.07 Å². The average Bonchev–Trinajstić information content (AvgIpc) is 2.38. The second-order valence-electron chi connectivity index (χ2n) is 4.64. The first-order valence-corrected chi connectivity index (χ1v) is 6.22. The lowest BCUT2D eigenvalue weighted by molar-refractivity contribution is 0.103. The number of phenolic OH excluding ortho intramolecular Hbond substituents is 2. The van der Waals surface area contributed by atoms with E-state index in [1.54, 1.807) is 6.07 Å². The van der Waals surface area contributed by atoms with Crippen molar-refractivity contribution in [3.63, 3.8) is 0 Å². The molecule has 4 heteroatoms. The zero-order valence-corrected chi connectivity index (χ0v) is 11.3. The Kier molecular flexibility index (Phi) is 3.94. The molecule has 0 saturated carbocycles. The third kappa shape index (κ3) is 3.09. The Morgan fingerprint density at radius 1 is 1.20 bits per heavy atom. The fraction of sp³-hybridized carbons (Fsp3) is 0.188. The molecule has 103 valence electrons. The summed E-state index contributed by atoms with van der Waals surface area (Å²) in [5.74, 6) is -0.00570. The standard InChI is InChI=1S/C16H15O4/c1-10(2)20-13-7-8-14(15(18)9-13)16(19)11-3-5-12(17)6-4-11/h3-5,7-10,17-18H,1-2H3. The van der Waals surface area contributed by atoms with Gasteiger partial charge in [0.25, 0.3) is 0 Å². The normalized spacial score (nSPS) is 10.6. The summed E-state index contributed by atoms with van der Waals surface area (Å²) >= 11 is 0. The van der Waals surface area contributed by atoms with Crippen LogP contribution < -0.4 is 4.74 Å². The summed E-state index contributed by atoms with van der Waals surface area (Å²) < 4.78 is 5.44. The van der Waals surface area contributed by atoms with Gasteiger partial charge in [-0.05, 0) is 44.2 Å². The molecule has 2 aromatic carbocycles. The van der Waals surface area contributed by atoms with Crippen molar-refractivity contribution in [2.75, 3.05) is 0 Å². The van der Waals surface area contributed by atoms with Crippen molar-refractivity contribution in [1.82, 2.24) is 0 Å². The van der Waals surface area contributed by atoms with Crippen molar-refractivity contribution in [2.24, 2.45) is 0 Å². The quantitative estimate of drug-likeness (QED) is 0.839. The van der Waals surface area contributed by atoms with Crippen LogP contribution in [0.25, 0.3) is 0 Å². The van der Waals surface area contributed by atoms with Gasteiger partial charge in [0.2, 0.25) is 0 Å². The molecule has 2 aromatic rings. The lowest BCUT2D eigenvalue weighted by atomic mass is 10.0. The molecule has 0 amide bonds. The molecule has 0 spiro atoms. The highest BCUT2D eigenvalue weighted by atomic mass is 16.5. The lowest BCUT2D eigenvalue weighted by Crippen LogP contribution is -2.06. The van der Waals surface area contributed by atoms with Gasteiger partial charge in [-0.25, -0.2) is 0 Å². The van der Waals surface area contributed by atoms with Crippen molar-refractivity contribution < 1.29 is 19.7 Å². The van der Waals surface area contributed by atoms with Crippen molar-refractivity contribution in [3.05, 3.63) is 53.6 Å². The highest BCUT2D eigenvalue weighted by Gasteiger charge is 2.14. The van der Waals surface area contributed by atoms with Crippen LogP contribution in [0.5, 0.6) is 17.2 Å². The van der Waals surface area contributed by atoms with Crippen molar-refractivity contribution in [2.45, 2.75) is 20.0 Å². The van der Waals surface area contributed by atoms with Gasteiger partial charge in [0.15, 0.2) is 5.78 Å². The van der Waals surface area contributed by atoms with Crippen molar-refractivity contribution in [3.8, 4) is 17.2 Å². The first kappa shape index (κ1) is 13.9. The molecule has 0 aliphatic heterocycles. The molecule has 0 aromatic heterocycles. The number of benzene rings is 2. The Bertz CT molecular complexity index is 615. The van der Waals surface area contributed by atoms with Crippen LogP contribution >= 0.6 is 0 Å². The van der Waals surface area contributed by atoms with E-state index < -0.39 is 0 Å². The molecule has 0 fully saturated rings. The van der Waals surface area contributed by atoms with E-state index in [9.17, 15) is 9.90 Å². The first-order chi connectivity index (χ1) is 9.47. The van der Waals surface area contributed by atoms with Crippen LogP contribution in [0, 0.1) is 6.07 Å². The second-order valence-corrected chi connectivity index (χ2v) is 4.64. The van der Waals surface area contributed by atoms with Crippen molar-refractivity contribution in [1.29, 1.82) is 0 Å². The van der Waals surface area contributed by atoms with Crippen LogP contribution in [-0.4, -0.2) is 22.1 Å². The Morgan fingerprint density at radius 3 is 2.50 bits per heavy atom. The van der Waals surface area contributed by atoms with Crippen LogP contribution in [0.3, 0.4) is 0 Å². The summed E-state index contributed by atoms with van der Waals surface area (Å²) in [5, 5.41) is 19.1. The minimum absolute atomic E-state index is 0.0114. The van der Waals surface area contributed by atoms with Gasteiger partial charge >= 0.3 is 0 Å². The Labute approximate surface area is 117 Å². The Hall–Kier alpha value is -2.49. The van der Waals surface area contributed by atoms with Gasteiger partial charge in [-0.3, -0.25) is 4.79 Å². The summed E-state index contributed by atoms with van der Waals surface area (Å²) in [6.07, 6.45) is -0.0114. The predicted octanol–water partition coefficient (Wildman–Crippen LogP) is 2.92. The van der Waals surface area contributed by atoms with Gasteiger partial charge in [-0.1, -0.05) is 0 Å². The zero-order valence-electron chi connectivity index (χ0n) is 11.3. The molecule has 1 radical (unpaired) electrons. The number of phenols is 2. The number of ether oxygens (including phenoxy) is 1. The van der Waals surface area contributed by atoms with Gasteiger partial charge < -0.3 is 14.9 Å². The molecular formula is C16H15O4. The highest BCUT2D eigenvalue weighted by Crippen LogP contribution is 2.26. The Balaban J connectivity index is 2.28. The molecule has 0 saturated heterocycles. The van der Waals surface area contributed by atoms with E-state index >= 15 is 0 Å². The number of hydrogen-bond acceptors (Lipinski definition) is 4. The SMILES string of the molecule is CC(C)Oc1ccc(C(=O)c2c[c]c(O)cc2)c(O)c1. The zero-order chi connectivity index (χ0) is 14.7. The number of carbonyl (C=O) groups excluding carboxylic acids is 1. The minimum atomic E-state index is -0.338. The van der Waals surface area contributed by atoms with Crippen LogP contribution in [0.4, 0.5) is 0 Å². The van der Waals surface area contributed by atoms with Gasteiger partial charge in [-0.15, -0.1) is 0 Å². The maximum Gasteiger partial charge on any atom is 0.196 e. The third-order valence-electron chi connectivity index (χ3n) is 2.64. The molecule has 0 atom stereocenters. The smallest absolute Gasteiger partial charge is 0.196 e. The largest absolute Gasteiger partial charge is 0.507 e. The molecule has 4 nitrogen and oxygen atoms in total. The molecular weight excluding hydrogens is 256 g/mol. The van der Waals surface area contributed by atoms with E-state index in [4.69, 9.17) is 9.84 Å². The number of ketones is 1. The van der Waals surface area contributed by atoms with E-state index in [0.717, 1.165) is 0 Å². The van der Waals surface area contributed by atoms with Gasteiger partial charge in [0.1, 0.15) is 17.2 Å². The molecule has 0 bridgehead atoms. The average molecular weight is 271 g/mol. The molecule has 20 heavy (non-hydrogen) atoms. The summed E-state index contributed by atoms with van der Waals surface area (Å²) in [4.78, 5) is 12.2. The molecule has 0 heterocycles. The van der Waals surface area contributed by atoms with Gasteiger partial charge in [0.05, 0.1) is 11.7 Å². The maximum atomic E-state index is 12.2. The van der Waals surface area contributed by atoms with Crippen LogP contribution in [0.15, 0.2) is 36.4 Å². The number of aromatic hydroxyl groups is 2. The summed E-state index contributed by atoms with van der Waals surface area (Å²) in [7, 11) is 0. The highest BCUT2D eigenvalue weighted by molar-refractivity contribution is 6.10. The van der Waals surface area contributed by atoms with Crippen molar-refractivity contribution >= 4 is 5.78 Å². The van der Waals surface area contributed by atoms with Crippen LogP contribution in [0.1, 0.15) is 29.8 Å². The molecule has 0 unspecified atom stereocenters. The molecule has 0 aliphatic rings. The monoisotopic (exact) mass is 271 g/mol. The third-order valence-corrected chi connectivity index (χ3v) is 2.64. The fourth-order valence-corrected chi connectivity index (χ4v) is 1.76. The van der Waals surface area contributed by atoms with E-state index in [1.807, 2.05) is 13.8 Å². The van der Waals surface area contributed by atoms with Crippen LogP contribution in [-0.2, 0) is 0 Å². The van der Waals surface area contributed by atoms with Gasteiger partial charge in [0, 0.05) is 17.7 Å². The number of hydrogen-bond donors (Lipinski definition) is 2. The van der Waals surface area contributed by atoms with E-state index in [0.29, 0.717) is 11.3 Å². The first-order valence-electron chi connectivity index (χ1n) is 6.22. The maximum absolute atomic E-state index is 12.2. The summed E-state index contributed by atoms with van der Waals surface area (Å²) in [6, 6.07) is 11.3. The van der Waals surface area contributed by atoms with E-state index in [-0.39, 0.29) is 28.9 Å². The topological polar surface area (TPSA) is 66.8 Å².